The molecule has 1 unspecified atom stereocenters. The summed E-state index contributed by atoms with van der Waals surface area (Å²) >= 11 is 0. The summed E-state index contributed by atoms with van der Waals surface area (Å²) in [6.45, 7) is 1.83. The molecule has 0 spiro atoms. The third-order valence-corrected chi connectivity index (χ3v) is 6.41. The van der Waals surface area contributed by atoms with E-state index in [0.29, 0.717) is 12.8 Å². The Balaban J connectivity index is 1.42. The van der Waals surface area contributed by atoms with Gasteiger partial charge in [-0.25, -0.2) is 4.79 Å². The van der Waals surface area contributed by atoms with E-state index in [4.69, 9.17) is 4.74 Å². The maximum absolute atomic E-state index is 12.7. The second-order valence-corrected chi connectivity index (χ2v) is 9.02. The van der Waals surface area contributed by atoms with Gasteiger partial charge in [-0.2, -0.15) is 13.2 Å². The van der Waals surface area contributed by atoms with Crippen molar-refractivity contribution in [1.82, 2.24) is 15.5 Å². The highest BCUT2D eigenvalue weighted by Crippen LogP contribution is 2.29. The van der Waals surface area contributed by atoms with Crippen molar-refractivity contribution in [3.05, 3.63) is 35.4 Å². The van der Waals surface area contributed by atoms with Gasteiger partial charge in [0.2, 0.25) is 0 Å². The van der Waals surface area contributed by atoms with E-state index in [-0.39, 0.29) is 24.7 Å². The SMILES string of the molecule is CC(OC(=O)C1CCN(C(=O)c2ccc(C(F)(F)F)cc2)CC1)C(=O)NC(=O)NC1CCCCC1. The standard InChI is InChI=1S/C24H30F3N3O5/c1-15(20(31)29-23(34)28-19-5-3-2-4-6-19)35-22(33)17-11-13-30(14-12-17)21(32)16-7-9-18(10-8-16)24(25,26)27/h7-10,15,17,19H,2-6,11-14H2,1H3,(H2,28,29,31,34). The Kier molecular flexibility index (Phi) is 8.74. The Hall–Kier alpha value is -3.11. The summed E-state index contributed by atoms with van der Waals surface area (Å²) in [5.74, 6) is -2.26. The van der Waals surface area contributed by atoms with Crippen molar-refractivity contribution >= 4 is 23.8 Å². The molecule has 0 aromatic heterocycles. The van der Waals surface area contributed by atoms with Crippen molar-refractivity contribution in [2.45, 2.75) is 70.2 Å². The Morgan fingerprint density at radius 2 is 1.57 bits per heavy atom. The van der Waals surface area contributed by atoms with Gasteiger partial charge in [0.05, 0.1) is 11.5 Å². The van der Waals surface area contributed by atoms with Gasteiger partial charge in [-0.15, -0.1) is 0 Å². The van der Waals surface area contributed by atoms with Crippen LogP contribution in [-0.4, -0.2) is 54.0 Å². The third kappa shape index (κ3) is 7.43. The molecule has 0 radical (unpaired) electrons. The normalized spacial score (nSPS) is 18.5. The number of rotatable bonds is 5. The number of ether oxygens (including phenoxy) is 1. The van der Waals surface area contributed by atoms with E-state index in [1.807, 2.05) is 0 Å². The van der Waals surface area contributed by atoms with E-state index < -0.39 is 47.6 Å². The molecule has 35 heavy (non-hydrogen) atoms. The van der Waals surface area contributed by atoms with Crippen LogP contribution in [0.5, 0.6) is 0 Å². The molecule has 0 bridgehead atoms. The van der Waals surface area contributed by atoms with Crippen LogP contribution in [0, 0.1) is 5.92 Å². The molecule has 3 rings (SSSR count). The number of amides is 4. The first kappa shape index (κ1) is 26.5. The Morgan fingerprint density at radius 1 is 0.971 bits per heavy atom. The van der Waals surface area contributed by atoms with Crippen LogP contribution in [0.25, 0.3) is 0 Å². The maximum Gasteiger partial charge on any atom is 0.416 e. The number of halogens is 3. The van der Waals surface area contributed by atoms with Crippen LogP contribution in [0.4, 0.5) is 18.0 Å². The van der Waals surface area contributed by atoms with Gasteiger partial charge in [-0.05, 0) is 56.9 Å². The number of esters is 1. The minimum absolute atomic E-state index is 0.0323. The number of alkyl halides is 3. The van der Waals surface area contributed by atoms with Gasteiger partial charge in [0.1, 0.15) is 0 Å². The first-order chi connectivity index (χ1) is 16.5. The van der Waals surface area contributed by atoms with Crippen molar-refractivity contribution in [2.75, 3.05) is 13.1 Å². The molecule has 4 amide bonds. The van der Waals surface area contributed by atoms with Crippen molar-refractivity contribution in [2.24, 2.45) is 5.92 Å². The first-order valence-electron chi connectivity index (χ1n) is 11.8. The second-order valence-electron chi connectivity index (χ2n) is 9.02. The van der Waals surface area contributed by atoms with E-state index in [2.05, 4.69) is 10.6 Å². The van der Waals surface area contributed by atoms with Gasteiger partial charge in [0.25, 0.3) is 11.8 Å². The van der Waals surface area contributed by atoms with Gasteiger partial charge in [-0.1, -0.05) is 19.3 Å². The van der Waals surface area contributed by atoms with Crippen LogP contribution in [0.2, 0.25) is 0 Å². The molecule has 1 heterocycles. The highest BCUT2D eigenvalue weighted by atomic mass is 19.4. The first-order valence-corrected chi connectivity index (χ1v) is 11.8. The van der Waals surface area contributed by atoms with Gasteiger partial charge in [0, 0.05) is 24.7 Å². The number of carbonyl (C=O) groups is 4. The fourth-order valence-corrected chi connectivity index (χ4v) is 4.31. The number of imide groups is 1. The second kappa shape index (κ2) is 11.5. The van der Waals surface area contributed by atoms with Crippen LogP contribution in [0.3, 0.4) is 0 Å². The van der Waals surface area contributed by atoms with Crippen LogP contribution in [0.15, 0.2) is 24.3 Å². The molecule has 1 aromatic rings. The Labute approximate surface area is 201 Å². The lowest BCUT2D eigenvalue weighted by Crippen LogP contribution is -2.48. The summed E-state index contributed by atoms with van der Waals surface area (Å²) in [5.41, 5.74) is -0.698. The molecular formula is C24H30F3N3O5. The molecule has 11 heteroatoms. The average molecular weight is 498 g/mol. The predicted molar refractivity (Wildman–Crippen MR) is 119 cm³/mol. The highest BCUT2D eigenvalue weighted by molar-refractivity contribution is 5.97. The van der Waals surface area contributed by atoms with Crippen LogP contribution >= 0.6 is 0 Å². The lowest BCUT2D eigenvalue weighted by atomic mass is 9.96. The monoisotopic (exact) mass is 497 g/mol. The van der Waals surface area contributed by atoms with E-state index in [1.54, 1.807) is 0 Å². The van der Waals surface area contributed by atoms with Gasteiger partial charge < -0.3 is 15.0 Å². The summed E-state index contributed by atoms with van der Waals surface area (Å²) in [4.78, 5) is 50.8. The zero-order valence-corrected chi connectivity index (χ0v) is 19.5. The molecule has 192 valence electrons. The Bertz CT molecular complexity index is 921. The molecule has 1 saturated carbocycles. The summed E-state index contributed by atoms with van der Waals surface area (Å²) in [6.07, 6.45) is -0.126. The average Bonchev–Trinajstić information content (AvgIpc) is 2.83. The fourth-order valence-electron chi connectivity index (χ4n) is 4.31. The van der Waals surface area contributed by atoms with Gasteiger partial charge >= 0.3 is 18.2 Å². The quantitative estimate of drug-likeness (QED) is 0.605. The maximum atomic E-state index is 12.7. The molecule has 2 aliphatic rings. The summed E-state index contributed by atoms with van der Waals surface area (Å²) in [5, 5.41) is 4.96. The van der Waals surface area contributed by atoms with E-state index in [1.165, 1.54) is 11.8 Å². The Morgan fingerprint density at radius 3 is 2.14 bits per heavy atom. The van der Waals surface area contributed by atoms with Crippen molar-refractivity contribution in [3.8, 4) is 0 Å². The number of benzene rings is 1. The van der Waals surface area contributed by atoms with Crippen molar-refractivity contribution < 1.29 is 37.1 Å². The minimum atomic E-state index is -4.48. The van der Waals surface area contributed by atoms with Crippen molar-refractivity contribution in [1.29, 1.82) is 0 Å². The summed E-state index contributed by atoms with van der Waals surface area (Å²) < 4.78 is 43.4. The number of hydrogen-bond acceptors (Lipinski definition) is 5. The molecule has 1 saturated heterocycles. The molecule has 1 aromatic carbocycles. The van der Waals surface area contributed by atoms with E-state index >= 15 is 0 Å². The lowest BCUT2D eigenvalue weighted by Gasteiger charge is -2.31. The molecular weight excluding hydrogens is 467 g/mol. The number of nitrogens with one attached hydrogen (secondary N) is 2. The van der Waals surface area contributed by atoms with Crippen LogP contribution in [0.1, 0.15) is 67.8 Å². The predicted octanol–water partition coefficient (Wildman–Crippen LogP) is 3.65. The third-order valence-electron chi connectivity index (χ3n) is 6.41. The highest BCUT2D eigenvalue weighted by Gasteiger charge is 2.33. The molecule has 1 atom stereocenters. The minimum Gasteiger partial charge on any atom is -0.452 e. The number of hydrogen-bond donors (Lipinski definition) is 2. The molecule has 1 aliphatic heterocycles. The molecule has 2 N–H and O–H groups in total. The van der Waals surface area contributed by atoms with Crippen LogP contribution in [-0.2, 0) is 20.5 Å². The topological polar surface area (TPSA) is 105 Å². The van der Waals surface area contributed by atoms with Crippen LogP contribution < -0.4 is 10.6 Å². The summed E-state index contributed by atoms with van der Waals surface area (Å²) in [6, 6.07) is 3.41. The van der Waals surface area contributed by atoms with Gasteiger partial charge in [-0.3, -0.25) is 19.7 Å². The number of urea groups is 1. The number of likely N-dealkylation sites (tertiary alicyclic amines) is 1. The fraction of sp³-hybridized carbons (Fsp3) is 0.583. The zero-order valence-electron chi connectivity index (χ0n) is 19.5. The van der Waals surface area contributed by atoms with Crippen molar-refractivity contribution in [3.63, 3.8) is 0 Å². The number of nitrogens with zero attached hydrogens (tertiary/aromatic N) is 1. The number of piperidine rings is 1. The smallest absolute Gasteiger partial charge is 0.416 e. The zero-order chi connectivity index (χ0) is 25.6. The molecule has 1 aliphatic carbocycles. The van der Waals surface area contributed by atoms with E-state index in [9.17, 15) is 32.3 Å². The largest absolute Gasteiger partial charge is 0.452 e. The molecule has 8 nitrogen and oxygen atoms in total. The summed E-state index contributed by atoms with van der Waals surface area (Å²) in [7, 11) is 0. The molecule has 2 fully saturated rings. The van der Waals surface area contributed by atoms with Gasteiger partial charge in [0.15, 0.2) is 6.10 Å². The lowest BCUT2D eigenvalue weighted by molar-refractivity contribution is -0.159. The number of carbonyl (C=O) groups excluding carboxylic acids is 4. The van der Waals surface area contributed by atoms with E-state index in [0.717, 1.165) is 56.4 Å².